The SMILES string of the molecule is CC1=CCCN(C(=O)Nc2ccc(CC(=O)O)cc2)C1. The molecule has 106 valence electrons. The molecule has 0 bridgehead atoms. The zero-order valence-corrected chi connectivity index (χ0v) is 11.4. The quantitative estimate of drug-likeness (QED) is 0.832. The third kappa shape index (κ3) is 3.85. The molecule has 2 N–H and O–H groups in total. The van der Waals surface area contributed by atoms with E-state index in [9.17, 15) is 9.59 Å². The highest BCUT2D eigenvalue weighted by molar-refractivity contribution is 5.89. The van der Waals surface area contributed by atoms with Crippen LogP contribution in [-0.2, 0) is 11.2 Å². The van der Waals surface area contributed by atoms with E-state index in [4.69, 9.17) is 5.11 Å². The van der Waals surface area contributed by atoms with Crippen molar-refractivity contribution in [1.29, 1.82) is 0 Å². The van der Waals surface area contributed by atoms with E-state index in [2.05, 4.69) is 11.4 Å². The minimum atomic E-state index is -0.864. The van der Waals surface area contributed by atoms with Gasteiger partial charge in [-0.2, -0.15) is 0 Å². The Bertz CT molecular complexity index is 535. The van der Waals surface area contributed by atoms with Gasteiger partial charge in [-0.3, -0.25) is 4.79 Å². The van der Waals surface area contributed by atoms with Gasteiger partial charge in [-0.05, 0) is 31.0 Å². The Morgan fingerprint density at radius 3 is 2.60 bits per heavy atom. The third-order valence-electron chi connectivity index (χ3n) is 3.18. The first-order valence-electron chi connectivity index (χ1n) is 6.57. The van der Waals surface area contributed by atoms with Crippen molar-refractivity contribution in [2.24, 2.45) is 0 Å². The second kappa shape index (κ2) is 6.23. The van der Waals surface area contributed by atoms with Crippen LogP contribution in [0.3, 0.4) is 0 Å². The van der Waals surface area contributed by atoms with Crippen molar-refractivity contribution in [1.82, 2.24) is 4.90 Å². The summed E-state index contributed by atoms with van der Waals surface area (Å²) in [4.78, 5) is 24.4. The molecule has 0 atom stereocenters. The molecule has 1 aromatic carbocycles. The number of rotatable bonds is 3. The molecule has 0 saturated carbocycles. The molecule has 2 rings (SSSR count). The molecule has 0 aromatic heterocycles. The standard InChI is InChI=1S/C15H18N2O3/c1-11-3-2-8-17(10-11)15(20)16-13-6-4-12(5-7-13)9-14(18)19/h3-7H,2,8-10H2,1H3,(H,16,20)(H,18,19). The summed E-state index contributed by atoms with van der Waals surface area (Å²) in [5, 5.41) is 11.5. The zero-order chi connectivity index (χ0) is 14.5. The molecule has 0 saturated heterocycles. The van der Waals surface area contributed by atoms with E-state index in [-0.39, 0.29) is 12.5 Å². The molecule has 1 aromatic rings. The summed E-state index contributed by atoms with van der Waals surface area (Å²) in [6.45, 7) is 3.39. The maximum atomic E-state index is 12.1. The molecular weight excluding hydrogens is 256 g/mol. The van der Waals surface area contributed by atoms with Gasteiger partial charge < -0.3 is 15.3 Å². The number of carboxylic acid groups (broad SMARTS) is 1. The van der Waals surface area contributed by atoms with Crippen LogP contribution in [0.2, 0.25) is 0 Å². The Kier molecular flexibility index (Phi) is 4.40. The molecule has 0 unspecified atom stereocenters. The van der Waals surface area contributed by atoms with Crippen LogP contribution >= 0.6 is 0 Å². The van der Waals surface area contributed by atoms with E-state index in [0.29, 0.717) is 17.8 Å². The number of hydrogen-bond acceptors (Lipinski definition) is 2. The van der Waals surface area contributed by atoms with E-state index in [1.54, 1.807) is 29.2 Å². The van der Waals surface area contributed by atoms with Crippen LogP contribution in [0, 0.1) is 0 Å². The van der Waals surface area contributed by atoms with Crippen molar-refractivity contribution in [3.63, 3.8) is 0 Å². The lowest BCUT2D eigenvalue weighted by Crippen LogP contribution is -2.38. The largest absolute Gasteiger partial charge is 0.481 e. The minimum absolute atomic E-state index is 0.00958. The number of hydrogen-bond donors (Lipinski definition) is 2. The van der Waals surface area contributed by atoms with Crippen LogP contribution in [-0.4, -0.2) is 35.1 Å². The van der Waals surface area contributed by atoms with Crippen LogP contribution in [0.1, 0.15) is 18.9 Å². The molecule has 2 amide bonds. The topological polar surface area (TPSA) is 69.6 Å². The van der Waals surface area contributed by atoms with Gasteiger partial charge in [0.05, 0.1) is 6.42 Å². The van der Waals surface area contributed by atoms with Crippen LogP contribution in [0.5, 0.6) is 0 Å². The van der Waals surface area contributed by atoms with Gasteiger partial charge in [-0.25, -0.2) is 4.79 Å². The van der Waals surface area contributed by atoms with E-state index in [1.165, 1.54) is 5.57 Å². The number of urea groups is 1. The van der Waals surface area contributed by atoms with E-state index in [0.717, 1.165) is 13.0 Å². The molecule has 20 heavy (non-hydrogen) atoms. The van der Waals surface area contributed by atoms with Crippen molar-refractivity contribution in [2.75, 3.05) is 18.4 Å². The molecule has 1 heterocycles. The Hall–Kier alpha value is -2.30. The highest BCUT2D eigenvalue weighted by Gasteiger charge is 2.16. The first-order valence-corrected chi connectivity index (χ1v) is 6.57. The second-order valence-electron chi connectivity index (χ2n) is 4.96. The summed E-state index contributed by atoms with van der Waals surface area (Å²) < 4.78 is 0. The van der Waals surface area contributed by atoms with E-state index < -0.39 is 5.97 Å². The van der Waals surface area contributed by atoms with Gasteiger partial charge in [0.2, 0.25) is 0 Å². The lowest BCUT2D eigenvalue weighted by atomic mass is 10.1. The van der Waals surface area contributed by atoms with E-state index >= 15 is 0 Å². The fourth-order valence-corrected chi connectivity index (χ4v) is 2.17. The summed E-state index contributed by atoms with van der Waals surface area (Å²) in [6, 6.07) is 6.75. The monoisotopic (exact) mass is 274 g/mol. The van der Waals surface area contributed by atoms with E-state index in [1.807, 2.05) is 6.92 Å². The summed E-state index contributed by atoms with van der Waals surface area (Å²) in [7, 11) is 0. The number of aliphatic carboxylic acids is 1. The number of carbonyl (C=O) groups is 2. The van der Waals surface area contributed by atoms with Gasteiger partial charge in [-0.1, -0.05) is 23.8 Å². The predicted octanol–water partition coefficient (Wildman–Crippen LogP) is 2.50. The van der Waals surface area contributed by atoms with Gasteiger partial charge in [0.25, 0.3) is 0 Å². The fourth-order valence-electron chi connectivity index (χ4n) is 2.17. The van der Waals surface area contributed by atoms with Crippen LogP contribution in [0.25, 0.3) is 0 Å². The molecule has 5 nitrogen and oxygen atoms in total. The summed E-state index contributed by atoms with van der Waals surface area (Å²) in [5.41, 5.74) is 2.59. The van der Waals surface area contributed by atoms with Crippen LogP contribution < -0.4 is 5.32 Å². The minimum Gasteiger partial charge on any atom is -0.481 e. The predicted molar refractivity (Wildman–Crippen MR) is 76.7 cm³/mol. The summed E-state index contributed by atoms with van der Waals surface area (Å²) >= 11 is 0. The lowest BCUT2D eigenvalue weighted by Gasteiger charge is -2.26. The molecule has 5 heteroatoms. The molecule has 1 aliphatic rings. The van der Waals surface area contributed by atoms with Crippen molar-refractivity contribution >= 4 is 17.7 Å². The van der Waals surface area contributed by atoms with Crippen molar-refractivity contribution < 1.29 is 14.7 Å². The molecule has 0 radical (unpaired) electrons. The average Bonchev–Trinajstić information content (AvgIpc) is 2.40. The maximum absolute atomic E-state index is 12.1. The third-order valence-corrected chi connectivity index (χ3v) is 3.18. The summed E-state index contributed by atoms with van der Waals surface area (Å²) in [6.07, 6.45) is 3.02. The highest BCUT2D eigenvalue weighted by Crippen LogP contribution is 2.13. The number of carbonyl (C=O) groups excluding carboxylic acids is 1. The first-order chi connectivity index (χ1) is 9.54. The number of amides is 2. The molecule has 1 aliphatic heterocycles. The van der Waals surface area contributed by atoms with Crippen molar-refractivity contribution in [2.45, 2.75) is 19.8 Å². The van der Waals surface area contributed by atoms with Gasteiger partial charge in [0, 0.05) is 18.8 Å². The molecular formula is C15H18N2O3. The first kappa shape index (κ1) is 14.1. The average molecular weight is 274 g/mol. The van der Waals surface area contributed by atoms with Gasteiger partial charge in [0.15, 0.2) is 0 Å². The van der Waals surface area contributed by atoms with Crippen molar-refractivity contribution in [3.8, 4) is 0 Å². The number of nitrogens with one attached hydrogen (secondary N) is 1. The molecule has 0 aliphatic carbocycles. The second-order valence-corrected chi connectivity index (χ2v) is 4.96. The number of nitrogens with zero attached hydrogens (tertiary/aromatic N) is 1. The smallest absolute Gasteiger partial charge is 0.322 e. The van der Waals surface area contributed by atoms with Gasteiger partial charge >= 0.3 is 12.0 Å². The number of benzene rings is 1. The zero-order valence-electron chi connectivity index (χ0n) is 11.4. The Balaban J connectivity index is 1.94. The summed E-state index contributed by atoms with van der Waals surface area (Å²) in [5.74, 6) is -0.864. The van der Waals surface area contributed by atoms with Crippen LogP contribution in [0.4, 0.5) is 10.5 Å². The fraction of sp³-hybridized carbons (Fsp3) is 0.333. The Morgan fingerprint density at radius 2 is 2.00 bits per heavy atom. The van der Waals surface area contributed by atoms with Gasteiger partial charge in [0.1, 0.15) is 0 Å². The molecule has 0 fully saturated rings. The van der Waals surface area contributed by atoms with Crippen LogP contribution in [0.15, 0.2) is 35.9 Å². The Morgan fingerprint density at radius 1 is 1.30 bits per heavy atom. The lowest BCUT2D eigenvalue weighted by molar-refractivity contribution is -0.136. The van der Waals surface area contributed by atoms with Crippen molar-refractivity contribution in [3.05, 3.63) is 41.5 Å². The number of anilines is 1. The normalized spacial score (nSPS) is 14.7. The molecule has 0 spiro atoms. The van der Waals surface area contributed by atoms with Gasteiger partial charge in [-0.15, -0.1) is 0 Å². The maximum Gasteiger partial charge on any atom is 0.322 e. The Labute approximate surface area is 117 Å². The number of carboxylic acids is 1. The highest BCUT2D eigenvalue weighted by atomic mass is 16.4.